The lowest BCUT2D eigenvalue weighted by Gasteiger charge is -2.58. The Morgan fingerprint density at radius 1 is 0.726 bits per heavy atom. The molecule has 4 aliphatic carbocycles. The van der Waals surface area contributed by atoms with Gasteiger partial charge in [-0.15, -0.1) is 0 Å². The highest BCUT2D eigenvalue weighted by atomic mass is 16.6. The molecule has 0 aromatic carbocycles. The Labute approximate surface area is 384 Å². The highest BCUT2D eigenvalue weighted by molar-refractivity contribution is 5.25. The molecule has 9 atom stereocenters. The van der Waals surface area contributed by atoms with Gasteiger partial charge in [-0.1, -0.05) is 142 Å². The maximum Gasteiger partial charge on any atom is 0.0936 e. The molecular weight excluding hydrogens is 767 g/mol. The summed E-state index contributed by atoms with van der Waals surface area (Å²) in [5.74, 6) is 5.35. The Balaban J connectivity index is 0.907. The summed E-state index contributed by atoms with van der Waals surface area (Å²) in [5, 5.41) is 0. The molecule has 5 aliphatic rings. The number of hydrogen-bond donors (Lipinski definition) is 0. The summed E-state index contributed by atoms with van der Waals surface area (Å²) in [6, 6.07) is 0. The fourth-order valence-corrected chi connectivity index (χ4v) is 13.3. The maximum atomic E-state index is 6.51. The summed E-state index contributed by atoms with van der Waals surface area (Å²) in [6.45, 7) is 23.5. The van der Waals surface area contributed by atoms with Crippen molar-refractivity contribution in [2.24, 2.45) is 46.3 Å². The minimum absolute atomic E-state index is 0.0677. The molecule has 1 saturated heterocycles. The predicted molar refractivity (Wildman–Crippen MR) is 261 cm³/mol. The third-order valence-electron chi connectivity index (χ3n) is 17.1. The molecule has 360 valence electrons. The Morgan fingerprint density at radius 3 is 2.18 bits per heavy atom. The molecule has 1 heterocycles. The number of rotatable bonds is 33. The van der Waals surface area contributed by atoms with Crippen LogP contribution in [-0.4, -0.2) is 89.6 Å². The molecule has 0 bridgehead atoms. The lowest BCUT2D eigenvalue weighted by Crippen LogP contribution is -2.51. The van der Waals surface area contributed by atoms with Crippen LogP contribution in [0.2, 0.25) is 0 Å². The van der Waals surface area contributed by atoms with Crippen molar-refractivity contribution in [3.05, 3.63) is 23.8 Å². The van der Waals surface area contributed by atoms with Crippen LogP contribution in [0.15, 0.2) is 23.8 Å². The standard InChI is InChI=1S/C56H101NO5/c1-7-8-9-10-11-12-13-14-15-16-17-18-19-20-21-22-36-60-45-50(44-57-34-37-58-38-35-57)62-42-40-59-39-41-61-49-30-32-55(5)48(43-49)26-27-51-53-29-28-52(47(4)25-23-24-46(2)3)56(53,6)33-31-54(51)55/h14-15,26,46-47,49-54H,7-13,16-25,27-45H2,1-6H3/t47-,49+,50?,51+,52-,53+,54+,55+,56-/m1/s1. The zero-order chi connectivity index (χ0) is 43.9. The molecule has 1 aliphatic heterocycles. The molecule has 6 nitrogen and oxygen atoms in total. The zero-order valence-electron chi connectivity index (χ0n) is 41.8. The summed E-state index contributed by atoms with van der Waals surface area (Å²) in [6.07, 6.45) is 41.6. The Bertz CT molecular complexity index is 1230. The molecular formula is C56H101NO5. The van der Waals surface area contributed by atoms with E-state index in [9.17, 15) is 0 Å². The van der Waals surface area contributed by atoms with Crippen molar-refractivity contribution >= 4 is 0 Å². The van der Waals surface area contributed by atoms with Gasteiger partial charge in [0.1, 0.15) is 0 Å². The normalized spacial score (nSPS) is 30.0. The van der Waals surface area contributed by atoms with Crippen LogP contribution in [0.3, 0.4) is 0 Å². The van der Waals surface area contributed by atoms with Crippen molar-refractivity contribution in [1.29, 1.82) is 0 Å². The van der Waals surface area contributed by atoms with Crippen LogP contribution in [0.1, 0.15) is 202 Å². The number of ether oxygens (including phenoxy) is 5. The fraction of sp³-hybridized carbons (Fsp3) is 0.929. The first-order valence-corrected chi connectivity index (χ1v) is 27.3. The smallest absolute Gasteiger partial charge is 0.0936 e. The minimum Gasteiger partial charge on any atom is -0.379 e. The third-order valence-corrected chi connectivity index (χ3v) is 17.1. The Morgan fingerprint density at radius 2 is 1.44 bits per heavy atom. The summed E-state index contributed by atoms with van der Waals surface area (Å²) < 4.78 is 30.7. The number of nitrogens with zero attached hydrogens (tertiary/aromatic N) is 1. The molecule has 1 unspecified atom stereocenters. The van der Waals surface area contributed by atoms with Gasteiger partial charge in [0, 0.05) is 26.2 Å². The monoisotopic (exact) mass is 868 g/mol. The van der Waals surface area contributed by atoms with Crippen LogP contribution in [-0.2, 0) is 23.7 Å². The lowest BCUT2D eigenvalue weighted by atomic mass is 9.47. The topological polar surface area (TPSA) is 49.4 Å². The fourth-order valence-electron chi connectivity index (χ4n) is 13.3. The van der Waals surface area contributed by atoms with Gasteiger partial charge in [0.05, 0.1) is 58.5 Å². The van der Waals surface area contributed by atoms with Gasteiger partial charge in [0.2, 0.25) is 0 Å². The van der Waals surface area contributed by atoms with Crippen LogP contribution in [0.5, 0.6) is 0 Å². The van der Waals surface area contributed by atoms with Crippen LogP contribution < -0.4 is 0 Å². The van der Waals surface area contributed by atoms with Gasteiger partial charge in [-0.05, 0) is 130 Å². The number of fused-ring (bicyclic) bond motifs is 5. The van der Waals surface area contributed by atoms with Crippen LogP contribution in [0, 0.1) is 46.3 Å². The molecule has 3 saturated carbocycles. The second-order valence-electron chi connectivity index (χ2n) is 22.1. The van der Waals surface area contributed by atoms with E-state index in [1.54, 1.807) is 5.57 Å². The first kappa shape index (κ1) is 52.2. The van der Waals surface area contributed by atoms with Crippen molar-refractivity contribution in [1.82, 2.24) is 4.90 Å². The van der Waals surface area contributed by atoms with Crippen molar-refractivity contribution in [3.8, 4) is 0 Å². The first-order chi connectivity index (χ1) is 30.2. The SMILES string of the molecule is CCCCCCCCC=CCCCCCCCCOCC(CN1CCOCC1)OCCOCCO[C@H]1CC[C@@]2(C)C(=CC[C@H]3[C@@H]4CC[C@H]([C@H](C)CCCC(C)C)[C@@]4(C)CC[C@@H]32)C1. The third kappa shape index (κ3) is 16.8. The van der Waals surface area contributed by atoms with Gasteiger partial charge < -0.3 is 23.7 Å². The molecule has 0 N–H and O–H groups in total. The predicted octanol–water partition coefficient (Wildman–Crippen LogP) is 14.2. The first-order valence-electron chi connectivity index (χ1n) is 27.3. The van der Waals surface area contributed by atoms with Gasteiger partial charge in [0.15, 0.2) is 0 Å². The van der Waals surface area contributed by atoms with Gasteiger partial charge in [-0.3, -0.25) is 4.90 Å². The van der Waals surface area contributed by atoms with E-state index in [0.717, 1.165) is 87.8 Å². The van der Waals surface area contributed by atoms with E-state index < -0.39 is 0 Å². The molecule has 4 fully saturated rings. The highest BCUT2D eigenvalue weighted by Crippen LogP contribution is 2.67. The number of hydrogen-bond acceptors (Lipinski definition) is 6. The van der Waals surface area contributed by atoms with Gasteiger partial charge in [0.25, 0.3) is 0 Å². The van der Waals surface area contributed by atoms with Gasteiger partial charge >= 0.3 is 0 Å². The van der Waals surface area contributed by atoms with Gasteiger partial charge in [-0.2, -0.15) is 0 Å². The van der Waals surface area contributed by atoms with E-state index in [1.165, 1.54) is 148 Å². The van der Waals surface area contributed by atoms with E-state index in [2.05, 4.69) is 64.7 Å². The minimum atomic E-state index is 0.0677. The molecule has 0 spiro atoms. The molecule has 5 rings (SSSR count). The Kier molecular flexibility index (Phi) is 24.5. The highest BCUT2D eigenvalue weighted by Gasteiger charge is 2.59. The van der Waals surface area contributed by atoms with Crippen molar-refractivity contribution in [2.45, 2.75) is 214 Å². The van der Waals surface area contributed by atoms with Crippen molar-refractivity contribution in [3.63, 3.8) is 0 Å². The second-order valence-corrected chi connectivity index (χ2v) is 22.1. The summed E-state index contributed by atoms with van der Waals surface area (Å²) in [7, 11) is 0. The average molecular weight is 868 g/mol. The average Bonchev–Trinajstić information content (AvgIpc) is 3.63. The van der Waals surface area contributed by atoms with Crippen LogP contribution >= 0.6 is 0 Å². The largest absolute Gasteiger partial charge is 0.379 e. The molecule has 0 aromatic rings. The zero-order valence-corrected chi connectivity index (χ0v) is 41.8. The van der Waals surface area contributed by atoms with E-state index in [0.29, 0.717) is 50.0 Å². The molecule has 6 heteroatoms. The number of allylic oxidation sites excluding steroid dienone is 3. The number of unbranched alkanes of at least 4 members (excludes halogenated alkanes) is 12. The number of morpholine rings is 1. The van der Waals surface area contributed by atoms with Crippen molar-refractivity contribution < 1.29 is 23.7 Å². The van der Waals surface area contributed by atoms with Gasteiger partial charge in [-0.25, -0.2) is 0 Å². The van der Waals surface area contributed by atoms with Crippen LogP contribution in [0.4, 0.5) is 0 Å². The van der Waals surface area contributed by atoms with E-state index in [-0.39, 0.29) is 6.10 Å². The van der Waals surface area contributed by atoms with E-state index >= 15 is 0 Å². The molecule has 0 amide bonds. The van der Waals surface area contributed by atoms with Crippen LogP contribution in [0.25, 0.3) is 0 Å². The Hall–Kier alpha value is -0.760. The molecule has 62 heavy (non-hydrogen) atoms. The molecule has 0 radical (unpaired) electrons. The summed E-state index contributed by atoms with van der Waals surface area (Å²) in [5.41, 5.74) is 2.67. The molecule has 0 aromatic heterocycles. The second kappa shape index (κ2) is 29.1. The van der Waals surface area contributed by atoms with Crippen molar-refractivity contribution in [2.75, 3.05) is 72.5 Å². The van der Waals surface area contributed by atoms with E-state index in [4.69, 9.17) is 23.7 Å². The quantitative estimate of drug-likeness (QED) is 0.0484. The maximum absolute atomic E-state index is 6.51. The lowest BCUT2D eigenvalue weighted by molar-refractivity contribution is -0.0761. The summed E-state index contributed by atoms with van der Waals surface area (Å²) >= 11 is 0. The van der Waals surface area contributed by atoms with E-state index in [1.807, 2.05) is 0 Å². The summed E-state index contributed by atoms with van der Waals surface area (Å²) in [4.78, 5) is 2.46.